The Bertz CT molecular complexity index is 552. The standard InChI is InChI=1S/C13H19BrN2O2S/c1-9-2-7-13(12(14)8-9)19(17,18)16-11-5-3-10(15)4-6-11/h2,7-8,10-11,16H,3-6,15H2,1H3. The van der Waals surface area contributed by atoms with Crippen LogP contribution in [0, 0.1) is 6.92 Å². The second-order valence-corrected chi connectivity index (χ2v) is 7.70. The molecule has 0 unspecified atom stereocenters. The van der Waals surface area contributed by atoms with Crippen LogP contribution in [0.25, 0.3) is 0 Å². The zero-order valence-corrected chi connectivity index (χ0v) is 13.3. The number of hydrogen-bond donors (Lipinski definition) is 2. The van der Waals surface area contributed by atoms with Gasteiger partial charge >= 0.3 is 0 Å². The summed E-state index contributed by atoms with van der Waals surface area (Å²) in [5.41, 5.74) is 6.85. The van der Waals surface area contributed by atoms with Crippen molar-refractivity contribution in [2.45, 2.75) is 49.6 Å². The second kappa shape index (κ2) is 5.91. The van der Waals surface area contributed by atoms with E-state index < -0.39 is 10.0 Å². The third-order valence-electron chi connectivity index (χ3n) is 3.47. The van der Waals surface area contributed by atoms with Crippen molar-refractivity contribution in [1.82, 2.24) is 4.72 Å². The van der Waals surface area contributed by atoms with Crippen LogP contribution in [-0.2, 0) is 10.0 Å². The first-order valence-electron chi connectivity index (χ1n) is 6.42. The van der Waals surface area contributed by atoms with Crippen molar-refractivity contribution in [3.63, 3.8) is 0 Å². The SMILES string of the molecule is Cc1ccc(S(=O)(=O)NC2CCC(N)CC2)c(Br)c1. The van der Waals surface area contributed by atoms with Gasteiger partial charge in [0.05, 0.1) is 4.90 Å². The minimum Gasteiger partial charge on any atom is -0.328 e. The van der Waals surface area contributed by atoms with Crippen molar-refractivity contribution in [2.24, 2.45) is 5.73 Å². The number of hydrogen-bond acceptors (Lipinski definition) is 3. The van der Waals surface area contributed by atoms with E-state index in [1.54, 1.807) is 12.1 Å². The maximum atomic E-state index is 12.3. The number of nitrogens with one attached hydrogen (secondary N) is 1. The monoisotopic (exact) mass is 346 g/mol. The predicted octanol–water partition coefficient (Wildman–Crippen LogP) is 2.31. The summed E-state index contributed by atoms with van der Waals surface area (Å²) in [6, 6.07) is 5.46. The van der Waals surface area contributed by atoms with Crippen molar-refractivity contribution in [1.29, 1.82) is 0 Å². The lowest BCUT2D eigenvalue weighted by Crippen LogP contribution is -2.40. The number of benzene rings is 1. The van der Waals surface area contributed by atoms with Gasteiger partial charge in [-0.05, 0) is 66.2 Å². The van der Waals surface area contributed by atoms with Gasteiger partial charge in [0.25, 0.3) is 0 Å². The summed E-state index contributed by atoms with van der Waals surface area (Å²) in [4.78, 5) is 0.299. The Morgan fingerprint density at radius 3 is 2.47 bits per heavy atom. The van der Waals surface area contributed by atoms with E-state index in [9.17, 15) is 8.42 Å². The molecule has 2 rings (SSSR count). The largest absolute Gasteiger partial charge is 0.328 e. The molecule has 0 amide bonds. The van der Waals surface area contributed by atoms with Gasteiger partial charge in [0, 0.05) is 16.6 Å². The van der Waals surface area contributed by atoms with E-state index in [1.807, 2.05) is 13.0 Å². The van der Waals surface area contributed by atoms with Crippen molar-refractivity contribution >= 4 is 26.0 Å². The van der Waals surface area contributed by atoms with Gasteiger partial charge in [-0.2, -0.15) is 0 Å². The minimum absolute atomic E-state index is 0.00185. The molecule has 0 spiro atoms. The molecule has 106 valence electrons. The van der Waals surface area contributed by atoms with Gasteiger partial charge in [0.2, 0.25) is 10.0 Å². The molecule has 1 fully saturated rings. The average Bonchev–Trinajstić information content (AvgIpc) is 2.31. The number of rotatable bonds is 3. The molecule has 0 radical (unpaired) electrons. The molecule has 3 N–H and O–H groups in total. The molecular formula is C13H19BrN2O2S. The molecule has 4 nitrogen and oxygen atoms in total. The topological polar surface area (TPSA) is 72.2 Å². The molecule has 1 saturated carbocycles. The number of halogens is 1. The molecule has 1 aliphatic carbocycles. The van der Waals surface area contributed by atoms with Crippen LogP contribution in [0.1, 0.15) is 31.2 Å². The Kier molecular flexibility index (Phi) is 4.66. The Morgan fingerprint density at radius 2 is 1.89 bits per heavy atom. The van der Waals surface area contributed by atoms with Crippen LogP contribution in [0.4, 0.5) is 0 Å². The molecule has 1 aromatic rings. The first-order chi connectivity index (χ1) is 8.88. The van der Waals surface area contributed by atoms with Gasteiger partial charge < -0.3 is 5.73 Å². The lowest BCUT2D eigenvalue weighted by molar-refractivity contribution is 0.373. The Balaban J connectivity index is 2.14. The van der Waals surface area contributed by atoms with Crippen molar-refractivity contribution in [3.05, 3.63) is 28.2 Å². The fourth-order valence-electron chi connectivity index (χ4n) is 2.34. The highest BCUT2D eigenvalue weighted by molar-refractivity contribution is 9.10. The van der Waals surface area contributed by atoms with Crippen molar-refractivity contribution in [3.8, 4) is 0 Å². The third kappa shape index (κ3) is 3.78. The first-order valence-corrected chi connectivity index (χ1v) is 8.70. The van der Waals surface area contributed by atoms with Crippen molar-refractivity contribution in [2.75, 3.05) is 0 Å². The van der Waals surface area contributed by atoms with Crippen LogP contribution in [0.2, 0.25) is 0 Å². The van der Waals surface area contributed by atoms with Crippen LogP contribution >= 0.6 is 15.9 Å². The molecule has 0 saturated heterocycles. The zero-order valence-electron chi connectivity index (χ0n) is 10.9. The fourth-order valence-corrected chi connectivity index (χ4v) is 4.84. The summed E-state index contributed by atoms with van der Waals surface area (Å²) in [6.07, 6.45) is 3.37. The summed E-state index contributed by atoms with van der Waals surface area (Å²) in [5, 5.41) is 0. The molecule has 6 heteroatoms. The fraction of sp³-hybridized carbons (Fsp3) is 0.538. The van der Waals surface area contributed by atoms with Crippen molar-refractivity contribution < 1.29 is 8.42 Å². The second-order valence-electron chi connectivity index (χ2n) is 5.17. The molecule has 0 bridgehead atoms. The van der Waals surface area contributed by atoms with Crippen LogP contribution in [0.15, 0.2) is 27.6 Å². The van der Waals surface area contributed by atoms with E-state index in [0.29, 0.717) is 9.37 Å². The van der Waals surface area contributed by atoms with E-state index >= 15 is 0 Å². The maximum absolute atomic E-state index is 12.3. The summed E-state index contributed by atoms with van der Waals surface area (Å²) >= 11 is 3.32. The molecule has 0 heterocycles. The molecule has 1 aromatic carbocycles. The van der Waals surface area contributed by atoms with E-state index in [2.05, 4.69) is 20.7 Å². The smallest absolute Gasteiger partial charge is 0.241 e. The first kappa shape index (κ1) is 15.0. The molecule has 1 aliphatic rings. The van der Waals surface area contributed by atoms with Gasteiger partial charge in [-0.15, -0.1) is 0 Å². The summed E-state index contributed by atoms with van der Waals surface area (Å²) < 4.78 is 28.1. The predicted molar refractivity (Wildman–Crippen MR) is 79.4 cm³/mol. The number of nitrogens with two attached hydrogens (primary N) is 1. The van der Waals surface area contributed by atoms with E-state index in [-0.39, 0.29) is 12.1 Å². The highest BCUT2D eigenvalue weighted by atomic mass is 79.9. The molecule has 0 aromatic heterocycles. The Hall–Kier alpha value is -0.430. The van der Waals surface area contributed by atoms with Gasteiger partial charge in [-0.3, -0.25) is 0 Å². The average molecular weight is 347 g/mol. The quantitative estimate of drug-likeness (QED) is 0.881. The maximum Gasteiger partial charge on any atom is 0.241 e. The Labute approximate surface area is 122 Å². The van der Waals surface area contributed by atoms with E-state index in [0.717, 1.165) is 31.2 Å². The van der Waals surface area contributed by atoms with E-state index in [4.69, 9.17) is 5.73 Å². The lowest BCUT2D eigenvalue weighted by Gasteiger charge is -2.26. The third-order valence-corrected chi connectivity index (χ3v) is 5.97. The van der Waals surface area contributed by atoms with Gasteiger partial charge in [0.1, 0.15) is 0 Å². The summed E-state index contributed by atoms with van der Waals surface area (Å²) in [5.74, 6) is 0. The summed E-state index contributed by atoms with van der Waals surface area (Å²) in [6.45, 7) is 1.93. The highest BCUT2D eigenvalue weighted by Gasteiger charge is 2.25. The number of sulfonamides is 1. The highest BCUT2D eigenvalue weighted by Crippen LogP contribution is 2.25. The molecule has 19 heavy (non-hydrogen) atoms. The normalized spacial score (nSPS) is 24.4. The van der Waals surface area contributed by atoms with Crippen LogP contribution in [-0.4, -0.2) is 20.5 Å². The van der Waals surface area contributed by atoms with Crippen LogP contribution in [0.3, 0.4) is 0 Å². The van der Waals surface area contributed by atoms with Gasteiger partial charge in [0.15, 0.2) is 0 Å². The molecular weight excluding hydrogens is 328 g/mol. The van der Waals surface area contributed by atoms with Crippen LogP contribution in [0.5, 0.6) is 0 Å². The Morgan fingerprint density at radius 1 is 1.26 bits per heavy atom. The van der Waals surface area contributed by atoms with Gasteiger partial charge in [-0.1, -0.05) is 6.07 Å². The van der Waals surface area contributed by atoms with Crippen LogP contribution < -0.4 is 10.5 Å². The minimum atomic E-state index is -3.46. The molecule has 0 atom stereocenters. The summed E-state index contributed by atoms with van der Waals surface area (Å²) in [7, 11) is -3.46. The number of aryl methyl sites for hydroxylation is 1. The molecule has 0 aliphatic heterocycles. The van der Waals surface area contributed by atoms with Gasteiger partial charge in [-0.25, -0.2) is 13.1 Å². The van der Waals surface area contributed by atoms with E-state index in [1.165, 1.54) is 0 Å². The zero-order chi connectivity index (χ0) is 14.0. The lowest BCUT2D eigenvalue weighted by atomic mass is 9.93.